The topological polar surface area (TPSA) is 9.23 Å². The van der Waals surface area contributed by atoms with Crippen LogP contribution in [0, 0.1) is 0 Å². The molecule has 0 rings (SSSR count). The normalized spacial score (nSPS) is 11.5. The van der Waals surface area contributed by atoms with E-state index in [0.29, 0.717) is 0 Å². The van der Waals surface area contributed by atoms with E-state index in [9.17, 15) is 0 Å². The molecule has 3 heteroatoms. The highest BCUT2D eigenvalue weighted by Gasteiger charge is 1.67. The van der Waals surface area contributed by atoms with Gasteiger partial charge in [-0.25, -0.2) is 0 Å². The van der Waals surface area contributed by atoms with E-state index in [1.807, 2.05) is 6.92 Å². The van der Waals surface area contributed by atoms with Gasteiger partial charge in [-0.15, -0.1) is 9.24 Å². The molecule has 0 saturated carbocycles. The Bertz CT molecular complexity index is 57.8. The third kappa shape index (κ3) is 4.19. The highest BCUT2D eigenvalue weighted by molar-refractivity contribution is 7.22. The van der Waals surface area contributed by atoms with E-state index in [-0.39, 0.29) is 0 Å². The summed E-state index contributed by atoms with van der Waals surface area (Å²) in [5.74, 6) is 0. The summed E-state index contributed by atoms with van der Waals surface area (Å²) in [4.78, 5) is 0. The van der Waals surface area contributed by atoms with Gasteiger partial charge in [0.1, 0.15) is 0 Å². The molecule has 0 spiro atoms. The number of allylic oxidation sites excluding steroid dienone is 1. The minimum atomic E-state index is 1.06. The number of hydrogen-bond donors (Lipinski definition) is 0. The fourth-order valence-electron chi connectivity index (χ4n) is 0.0929. The summed E-state index contributed by atoms with van der Waals surface area (Å²) in [6.07, 6.45) is 1.58. The van der Waals surface area contributed by atoms with Gasteiger partial charge in [0.15, 0.2) is 0 Å². The Morgan fingerprint density at radius 3 is 2.50 bits per heavy atom. The van der Waals surface area contributed by atoms with E-state index in [4.69, 9.17) is 0 Å². The van der Waals surface area contributed by atoms with Crippen LogP contribution in [-0.2, 0) is 4.43 Å². The quantitative estimate of drug-likeness (QED) is 0.281. The summed E-state index contributed by atoms with van der Waals surface area (Å²) in [6, 6.07) is 0. The van der Waals surface area contributed by atoms with E-state index in [0.717, 1.165) is 5.31 Å². The van der Waals surface area contributed by atoms with Crippen molar-refractivity contribution in [3.63, 3.8) is 0 Å². The summed E-state index contributed by atoms with van der Waals surface area (Å²) in [5, 5.41) is 1.06. The molecule has 0 amide bonds. The Kier molecular flexibility index (Phi) is 3.48. The van der Waals surface area contributed by atoms with Gasteiger partial charge in [0.25, 0.3) is 0 Å². The predicted octanol–water partition coefficient (Wildman–Crippen LogP) is 0.823. The van der Waals surface area contributed by atoms with Crippen LogP contribution in [0.15, 0.2) is 11.6 Å². The van der Waals surface area contributed by atoms with Crippen molar-refractivity contribution < 1.29 is 4.43 Å². The van der Waals surface area contributed by atoms with E-state index >= 15 is 0 Å². The molecule has 0 bridgehead atoms. The third-order valence-corrected chi connectivity index (χ3v) is 0.499. The molecule has 33 valence electrons. The lowest BCUT2D eigenvalue weighted by Gasteiger charge is -1.84. The van der Waals surface area contributed by atoms with E-state index < -0.39 is 0 Å². The van der Waals surface area contributed by atoms with Gasteiger partial charge >= 0.3 is 10.5 Å². The van der Waals surface area contributed by atoms with Crippen LogP contribution in [0.3, 0.4) is 0 Å². The number of hydrogen-bond acceptors (Lipinski definition) is 1. The van der Waals surface area contributed by atoms with Crippen molar-refractivity contribution in [2.75, 3.05) is 0 Å². The lowest BCUT2D eigenvalue weighted by Crippen LogP contribution is -1.66. The van der Waals surface area contributed by atoms with Gasteiger partial charge < -0.3 is 4.43 Å². The third-order valence-electron chi connectivity index (χ3n) is 0.245. The summed E-state index contributed by atoms with van der Waals surface area (Å²) < 4.78 is 4.43. The Balaban J connectivity index is 3.14. The van der Waals surface area contributed by atoms with Gasteiger partial charge in [-0.1, -0.05) is 0 Å². The van der Waals surface area contributed by atoms with Gasteiger partial charge in [-0.2, -0.15) is 0 Å². The van der Waals surface area contributed by atoms with Crippen LogP contribution >= 0.6 is 9.24 Å². The Morgan fingerprint density at radius 2 is 2.50 bits per heavy atom. The Hall–Kier alpha value is 0.187. The van der Waals surface area contributed by atoms with Crippen molar-refractivity contribution in [3.05, 3.63) is 11.6 Å². The molecule has 1 unspecified atom stereocenters. The summed E-state index contributed by atoms with van der Waals surface area (Å²) >= 11 is 0. The van der Waals surface area contributed by atoms with Crippen molar-refractivity contribution in [2.45, 2.75) is 6.92 Å². The zero-order valence-electron chi connectivity index (χ0n) is 3.56. The molecule has 0 aliphatic rings. The molecule has 0 aliphatic carbocycles. The first-order chi connectivity index (χ1) is 2.77. The predicted molar refractivity (Wildman–Crippen MR) is 30.3 cm³/mol. The molecule has 0 aromatic carbocycles. The number of rotatable bonds is 1. The van der Waals surface area contributed by atoms with Crippen LogP contribution in [0.4, 0.5) is 0 Å². The lowest BCUT2D eigenvalue weighted by atomic mass is 10.7. The van der Waals surface area contributed by atoms with Crippen LogP contribution in [-0.4, -0.2) is 10.5 Å². The first-order valence-corrected chi connectivity index (χ1v) is 2.50. The van der Waals surface area contributed by atoms with Crippen LogP contribution in [0.2, 0.25) is 0 Å². The second kappa shape index (κ2) is 3.38. The first kappa shape index (κ1) is 6.19. The molecular formula is C3H6OPSi. The first-order valence-electron chi connectivity index (χ1n) is 1.52. The smallest absolute Gasteiger partial charge is 0.340 e. The van der Waals surface area contributed by atoms with Crippen LogP contribution in [0.1, 0.15) is 6.92 Å². The summed E-state index contributed by atoms with van der Waals surface area (Å²) in [5.41, 5.74) is 0. The van der Waals surface area contributed by atoms with Crippen molar-refractivity contribution in [1.29, 1.82) is 0 Å². The van der Waals surface area contributed by atoms with Crippen LogP contribution < -0.4 is 0 Å². The fraction of sp³-hybridized carbons (Fsp3) is 0.333. The zero-order chi connectivity index (χ0) is 4.99. The highest BCUT2D eigenvalue weighted by atomic mass is 31.0. The van der Waals surface area contributed by atoms with Gasteiger partial charge in [0, 0.05) is 0 Å². The molecule has 0 saturated heterocycles. The molecule has 3 radical (unpaired) electrons. The second-order valence-electron chi connectivity index (χ2n) is 0.980. The minimum Gasteiger partial charge on any atom is -0.546 e. The molecule has 1 nitrogen and oxygen atoms in total. The van der Waals surface area contributed by atoms with Crippen molar-refractivity contribution in [1.82, 2.24) is 0 Å². The SMILES string of the molecule is C/C(P)=C\O[Si]. The average molecular weight is 117 g/mol. The molecule has 0 aliphatic heterocycles. The van der Waals surface area contributed by atoms with Gasteiger partial charge in [-0.3, -0.25) is 0 Å². The van der Waals surface area contributed by atoms with Crippen LogP contribution in [0.25, 0.3) is 0 Å². The largest absolute Gasteiger partial charge is 0.546 e. The van der Waals surface area contributed by atoms with Gasteiger partial charge in [0.05, 0.1) is 6.26 Å². The lowest BCUT2D eigenvalue weighted by molar-refractivity contribution is 0.532. The van der Waals surface area contributed by atoms with Gasteiger partial charge in [-0.05, 0) is 12.2 Å². The molecule has 0 aromatic heterocycles. The van der Waals surface area contributed by atoms with E-state index in [1.54, 1.807) is 6.26 Å². The average Bonchev–Trinajstić information content (AvgIpc) is 1.35. The second-order valence-corrected chi connectivity index (χ2v) is 2.13. The molecule has 6 heavy (non-hydrogen) atoms. The fourth-order valence-corrected chi connectivity index (χ4v) is 0.483. The Morgan fingerprint density at radius 1 is 2.00 bits per heavy atom. The minimum absolute atomic E-state index is 1.06. The van der Waals surface area contributed by atoms with E-state index in [2.05, 4.69) is 24.2 Å². The van der Waals surface area contributed by atoms with Gasteiger partial charge in [0.2, 0.25) is 0 Å². The molecular weight excluding hydrogens is 111 g/mol. The standard InChI is InChI=1S/C3H6OPSi/c1-3(5)2-4-6/h2H,5H2,1H3/b3-2+. The maximum atomic E-state index is 4.43. The Labute approximate surface area is 43.5 Å². The molecule has 0 heterocycles. The molecule has 1 atom stereocenters. The van der Waals surface area contributed by atoms with Crippen LogP contribution in [0.5, 0.6) is 0 Å². The van der Waals surface area contributed by atoms with Crippen molar-refractivity contribution in [3.8, 4) is 0 Å². The van der Waals surface area contributed by atoms with E-state index in [1.165, 1.54) is 0 Å². The van der Waals surface area contributed by atoms with Crippen molar-refractivity contribution >= 4 is 19.7 Å². The molecule has 0 aromatic rings. The monoisotopic (exact) mass is 117 g/mol. The summed E-state index contributed by atoms with van der Waals surface area (Å²) in [6.45, 7) is 1.92. The maximum absolute atomic E-state index is 4.43. The molecule has 0 fully saturated rings. The highest BCUT2D eigenvalue weighted by Crippen LogP contribution is 1.99. The van der Waals surface area contributed by atoms with Crippen molar-refractivity contribution in [2.24, 2.45) is 0 Å². The maximum Gasteiger partial charge on any atom is 0.340 e. The summed E-state index contributed by atoms with van der Waals surface area (Å²) in [7, 11) is 5.29. The molecule has 0 N–H and O–H groups in total. The zero-order valence-corrected chi connectivity index (χ0v) is 5.72.